The monoisotopic (exact) mass is 266 g/mol. The summed E-state index contributed by atoms with van der Waals surface area (Å²) in [5.41, 5.74) is 1.05. The fourth-order valence-corrected chi connectivity index (χ4v) is 2.27. The Bertz CT molecular complexity index is 354. The number of benzene rings is 1. The predicted octanol–water partition coefficient (Wildman–Crippen LogP) is 3.60. The van der Waals surface area contributed by atoms with Crippen LogP contribution in [0, 0.1) is 5.82 Å². The molecule has 1 aromatic carbocycles. The number of hydrogen-bond acceptors (Lipinski definition) is 2. The fraction of sp³-hybridized carbons (Fsp3) is 0.625. The SMILES string of the molecule is CCCNC(CCN(C)CCC)c1cccc(F)c1. The molecule has 0 radical (unpaired) electrons. The van der Waals surface area contributed by atoms with E-state index in [1.165, 1.54) is 12.5 Å². The topological polar surface area (TPSA) is 15.3 Å². The molecule has 0 bridgehead atoms. The largest absolute Gasteiger partial charge is 0.310 e. The molecule has 1 rings (SSSR count). The number of rotatable bonds is 9. The van der Waals surface area contributed by atoms with Gasteiger partial charge in [0.15, 0.2) is 0 Å². The molecule has 1 N–H and O–H groups in total. The maximum atomic E-state index is 13.3. The standard InChI is InChI=1S/C16H27FN2/c1-4-10-18-16(9-12-19(3)11-5-2)14-7-6-8-15(17)13-14/h6-8,13,16,18H,4-5,9-12H2,1-3H3. The number of hydrogen-bond donors (Lipinski definition) is 1. The van der Waals surface area contributed by atoms with Crippen LogP contribution in [0.15, 0.2) is 24.3 Å². The molecule has 0 aliphatic rings. The van der Waals surface area contributed by atoms with E-state index >= 15 is 0 Å². The van der Waals surface area contributed by atoms with Crippen LogP contribution in [0.2, 0.25) is 0 Å². The van der Waals surface area contributed by atoms with Crippen molar-refractivity contribution in [1.29, 1.82) is 0 Å². The average molecular weight is 266 g/mol. The molecule has 0 saturated carbocycles. The first-order chi connectivity index (χ1) is 9.17. The van der Waals surface area contributed by atoms with Crippen molar-refractivity contribution in [1.82, 2.24) is 10.2 Å². The first-order valence-electron chi connectivity index (χ1n) is 7.34. The minimum absolute atomic E-state index is 0.150. The second-order valence-electron chi connectivity index (χ2n) is 5.15. The van der Waals surface area contributed by atoms with Gasteiger partial charge in [-0.15, -0.1) is 0 Å². The first-order valence-corrected chi connectivity index (χ1v) is 7.34. The van der Waals surface area contributed by atoms with Crippen LogP contribution in [0.4, 0.5) is 4.39 Å². The molecular formula is C16H27FN2. The maximum Gasteiger partial charge on any atom is 0.123 e. The Morgan fingerprint density at radius 1 is 1.21 bits per heavy atom. The molecule has 1 aromatic rings. The highest BCUT2D eigenvalue weighted by Crippen LogP contribution is 2.18. The normalized spacial score (nSPS) is 12.9. The second kappa shape index (κ2) is 9.05. The van der Waals surface area contributed by atoms with E-state index in [1.807, 2.05) is 6.07 Å². The van der Waals surface area contributed by atoms with Crippen LogP contribution < -0.4 is 5.32 Å². The molecular weight excluding hydrogens is 239 g/mol. The third kappa shape index (κ3) is 6.17. The molecule has 1 atom stereocenters. The van der Waals surface area contributed by atoms with Gasteiger partial charge in [-0.25, -0.2) is 4.39 Å². The predicted molar refractivity (Wildman–Crippen MR) is 79.8 cm³/mol. The molecule has 3 heteroatoms. The van der Waals surface area contributed by atoms with Crippen molar-refractivity contribution in [2.45, 2.75) is 39.2 Å². The summed E-state index contributed by atoms with van der Waals surface area (Å²) in [6.45, 7) is 7.46. The third-order valence-electron chi connectivity index (χ3n) is 3.30. The summed E-state index contributed by atoms with van der Waals surface area (Å²) in [5, 5.41) is 3.52. The Kier molecular flexibility index (Phi) is 7.68. The van der Waals surface area contributed by atoms with E-state index in [4.69, 9.17) is 0 Å². The van der Waals surface area contributed by atoms with Gasteiger partial charge >= 0.3 is 0 Å². The van der Waals surface area contributed by atoms with Gasteiger partial charge < -0.3 is 10.2 Å². The summed E-state index contributed by atoms with van der Waals surface area (Å²) in [4.78, 5) is 2.33. The highest BCUT2D eigenvalue weighted by atomic mass is 19.1. The zero-order valence-corrected chi connectivity index (χ0v) is 12.5. The number of nitrogens with one attached hydrogen (secondary N) is 1. The highest BCUT2D eigenvalue weighted by Gasteiger charge is 2.12. The van der Waals surface area contributed by atoms with Crippen molar-refractivity contribution in [2.75, 3.05) is 26.7 Å². The van der Waals surface area contributed by atoms with Crippen LogP contribution in [0.1, 0.15) is 44.7 Å². The molecule has 0 amide bonds. The van der Waals surface area contributed by atoms with Gasteiger partial charge in [0.05, 0.1) is 0 Å². The lowest BCUT2D eigenvalue weighted by Gasteiger charge is -2.23. The van der Waals surface area contributed by atoms with Gasteiger partial charge in [-0.2, -0.15) is 0 Å². The van der Waals surface area contributed by atoms with Gasteiger partial charge in [-0.1, -0.05) is 26.0 Å². The molecule has 0 heterocycles. The fourth-order valence-electron chi connectivity index (χ4n) is 2.27. The van der Waals surface area contributed by atoms with E-state index in [2.05, 4.69) is 31.1 Å². The van der Waals surface area contributed by atoms with Crippen molar-refractivity contribution < 1.29 is 4.39 Å². The molecule has 0 fully saturated rings. The van der Waals surface area contributed by atoms with E-state index < -0.39 is 0 Å². The molecule has 0 aromatic heterocycles. The van der Waals surface area contributed by atoms with Gasteiger partial charge in [0, 0.05) is 6.04 Å². The van der Waals surface area contributed by atoms with Crippen molar-refractivity contribution in [3.63, 3.8) is 0 Å². The van der Waals surface area contributed by atoms with Crippen LogP contribution in [0.5, 0.6) is 0 Å². The van der Waals surface area contributed by atoms with Crippen LogP contribution in [0.3, 0.4) is 0 Å². The molecule has 19 heavy (non-hydrogen) atoms. The Labute approximate surface area is 117 Å². The smallest absolute Gasteiger partial charge is 0.123 e. The molecule has 1 unspecified atom stereocenters. The summed E-state index contributed by atoms with van der Waals surface area (Å²) in [6.07, 6.45) is 3.28. The molecule has 108 valence electrons. The van der Waals surface area contributed by atoms with Gasteiger partial charge in [0.2, 0.25) is 0 Å². The van der Waals surface area contributed by atoms with E-state index in [-0.39, 0.29) is 11.9 Å². The van der Waals surface area contributed by atoms with Crippen LogP contribution in [-0.2, 0) is 0 Å². The van der Waals surface area contributed by atoms with E-state index in [0.29, 0.717) is 0 Å². The van der Waals surface area contributed by atoms with Crippen molar-refractivity contribution >= 4 is 0 Å². The summed E-state index contributed by atoms with van der Waals surface area (Å²) < 4.78 is 13.3. The van der Waals surface area contributed by atoms with E-state index in [1.54, 1.807) is 12.1 Å². The number of nitrogens with zero attached hydrogens (tertiary/aromatic N) is 1. The first kappa shape index (κ1) is 16.1. The molecule has 0 aliphatic carbocycles. The van der Waals surface area contributed by atoms with Gasteiger partial charge in [-0.3, -0.25) is 0 Å². The summed E-state index contributed by atoms with van der Waals surface area (Å²) >= 11 is 0. The van der Waals surface area contributed by atoms with Crippen LogP contribution in [0.25, 0.3) is 0 Å². The molecule has 0 saturated heterocycles. The quantitative estimate of drug-likeness (QED) is 0.734. The van der Waals surface area contributed by atoms with Gasteiger partial charge in [0.1, 0.15) is 5.82 Å². The minimum Gasteiger partial charge on any atom is -0.310 e. The van der Waals surface area contributed by atoms with Crippen molar-refractivity contribution in [2.24, 2.45) is 0 Å². The Morgan fingerprint density at radius 2 is 2.00 bits per heavy atom. The summed E-state index contributed by atoms with van der Waals surface area (Å²) in [6, 6.07) is 7.20. The summed E-state index contributed by atoms with van der Waals surface area (Å²) in [5.74, 6) is -0.150. The molecule has 2 nitrogen and oxygen atoms in total. The maximum absolute atomic E-state index is 13.3. The van der Waals surface area contributed by atoms with E-state index in [9.17, 15) is 4.39 Å². The zero-order valence-electron chi connectivity index (χ0n) is 12.5. The van der Waals surface area contributed by atoms with Gasteiger partial charge in [-0.05, 0) is 63.6 Å². The lowest BCUT2D eigenvalue weighted by atomic mass is 10.0. The Morgan fingerprint density at radius 3 is 2.63 bits per heavy atom. The number of halogens is 1. The Hall–Kier alpha value is -0.930. The second-order valence-corrected chi connectivity index (χ2v) is 5.15. The average Bonchev–Trinajstić information content (AvgIpc) is 2.39. The van der Waals surface area contributed by atoms with Crippen molar-refractivity contribution in [3.05, 3.63) is 35.6 Å². The van der Waals surface area contributed by atoms with E-state index in [0.717, 1.165) is 38.0 Å². The molecule has 0 aliphatic heterocycles. The minimum atomic E-state index is -0.150. The third-order valence-corrected chi connectivity index (χ3v) is 3.30. The lowest BCUT2D eigenvalue weighted by Crippen LogP contribution is -2.28. The van der Waals surface area contributed by atoms with Crippen LogP contribution in [-0.4, -0.2) is 31.6 Å². The lowest BCUT2D eigenvalue weighted by molar-refractivity contribution is 0.307. The Balaban J connectivity index is 2.61. The summed E-state index contributed by atoms with van der Waals surface area (Å²) in [7, 11) is 2.14. The molecule has 0 spiro atoms. The zero-order chi connectivity index (χ0) is 14.1. The van der Waals surface area contributed by atoms with Gasteiger partial charge in [0.25, 0.3) is 0 Å². The highest BCUT2D eigenvalue weighted by molar-refractivity contribution is 5.20. The van der Waals surface area contributed by atoms with Crippen LogP contribution >= 0.6 is 0 Å². The van der Waals surface area contributed by atoms with Crippen molar-refractivity contribution in [3.8, 4) is 0 Å².